The second kappa shape index (κ2) is 7.11. The molecule has 1 atom stereocenters. The summed E-state index contributed by atoms with van der Waals surface area (Å²) in [5.74, 6) is 0. The molecule has 0 aromatic heterocycles. The minimum atomic E-state index is -0.452. The van der Waals surface area contributed by atoms with Crippen molar-refractivity contribution in [3.63, 3.8) is 0 Å². The summed E-state index contributed by atoms with van der Waals surface area (Å²) in [5.41, 5.74) is 5.14. The van der Waals surface area contributed by atoms with Crippen LogP contribution in [0.3, 0.4) is 0 Å². The van der Waals surface area contributed by atoms with E-state index in [4.69, 9.17) is 5.73 Å². The Morgan fingerprint density at radius 1 is 1.75 bits per heavy atom. The molecule has 0 heterocycles. The largest absolute Gasteiger partial charge is 0.325 e. The van der Waals surface area contributed by atoms with Crippen LogP contribution < -0.4 is 5.73 Å². The number of alkyl halides is 1. The molecule has 0 aromatic rings. The highest BCUT2D eigenvalue weighted by Crippen LogP contribution is 1.86. The number of hydrogen-bond donors (Lipinski definition) is 1. The lowest BCUT2D eigenvalue weighted by Gasteiger charge is -1.98. The highest BCUT2D eigenvalue weighted by atomic mass is 79.9. The Kier molecular flexibility index (Phi) is 9.76. The summed E-state index contributed by atoms with van der Waals surface area (Å²) in [6, 6.07) is -0.336. The van der Waals surface area contributed by atoms with Gasteiger partial charge in [-0.2, -0.15) is 0 Å². The summed E-state index contributed by atoms with van der Waals surface area (Å²) in [5, 5.41) is 0. The molecule has 1 unspecified atom stereocenters. The summed E-state index contributed by atoms with van der Waals surface area (Å²) in [4.78, 5) is 0. The van der Waals surface area contributed by atoms with Crippen molar-refractivity contribution >= 4 is 17.0 Å². The van der Waals surface area contributed by atoms with E-state index < -0.39 is 6.67 Å². The maximum Gasteiger partial charge on any atom is 0.105 e. The molecule has 0 saturated carbocycles. The van der Waals surface area contributed by atoms with E-state index in [1.54, 1.807) is 6.08 Å². The first-order valence-electron chi connectivity index (χ1n) is 2.23. The molecule has 2 N–H and O–H groups in total. The number of nitrogens with two attached hydrogens (primary N) is 1. The second-order valence-electron chi connectivity index (χ2n) is 1.44. The van der Waals surface area contributed by atoms with Gasteiger partial charge in [0.05, 0.1) is 0 Å². The molecule has 0 aliphatic heterocycles. The molecular formula is C5H11BrFN. The zero-order chi connectivity index (χ0) is 5.70. The molecule has 0 amide bonds. The summed E-state index contributed by atoms with van der Waals surface area (Å²) in [6.45, 7) is 2.95. The standard InChI is InChI=1S/C5H10FN.BrH/c1-2-3-5(7)4-6;/h2,5H,1,3-4,7H2;1H. The van der Waals surface area contributed by atoms with Crippen LogP contribution in [-0.2, 0) is 0 Å². The van der Waals surface area contributed by atoms with Gasteiger partial charge in [0.2, 0.25) is 0 Å². The number of halogens is 2. The summed E-state index contributed by atoms with van der Waals surface area (Å²) in [6.07, 6.45) is 2.18. The normalized spacial score (nSPS) is 11.8. The van der Waals surface area contributed by atoms with Gasteiger partial charge in [0.1, 0.15) is 6.67 Å². The number of rotatable bonds is 3. The Bertz CT molecular complexity index is 58.4. The second-order valence-corrected chi connectivity index (χ2v) is 1.44. The Morgan fingerprint density at radius 2 is 2.25 bits per heavy atom. The van der Waals surface area contributed by atoms with Crippen LogP contribution in [0.4, 0.5) is 4.39 Å². The quantitative estimate of drug-likeness (QED) is 0.659. The third-order valence-corrected chi connectivity index (χ3v) is 0.668. The fourth-order valence-electron chi connectivity index (χ4n) is 0.277. The van der Waals surface area contributed by atoms with Crippen molar-refractivity contribution in [1.82, 2.24) is 0 Å². The highest BCUT2D eigenvalue weighted by molar-refractivity contribution is 8.93. The van der Waals surface area contributed by atoms with E-state index in [-0.39, 0.29) is 23.0 Å². The van der Waals surface area contributed by atoms with Crippen LogP contribution in [0.2, 0.25) is 0 Å². The average molecular weight is 184 g/mol. The maximum absolute atomic E-state index is 11.4. The topological polar surface area (TPSA) is 26.0 Å². The predicted octanol–water partition coefficient (Wildman–Crippen LogP) is 1.44. The molecule has 8 heavy (non-hydrogen) atoms. The Labute approximate surface area is 59.5 Å². The monoisotopic (exact) mass is 183 g/mol. The first-order chi connectivity index (χ1) is 3.31. The zero-order valence-corrected chi connectivity index (χ0v) is 6.35. The van der Waals surface area contributed by atoms with Crippen molar-refractivity contribution in [2.75, 3.05) is 6.67 Å². The van der Waals surface area contributed by atoms with Crippen molar-refractivity contribution in [2.24, 2.45) is 5.73 Å². The van der Waals surface area contributed by atoms with Crippen molar-refractivity contribution in [2.45, 2.75) is 12.5 Å². The molecule has 0 spiro atoms. The van der Waals surface area contributed by atoms with Gasteiger partial charge in [-0.25, -0.2) is 4.39 Å². The van der Waals surface area contributed by atoms with Gasteiger partial charge in [-0.3, -0.25) is 0 Å². The van der Waals surface area contributed by atoms with Crippen LogP contribution in [-0.4, -0.2) is 12.7 Å². The summed E-state index contributed by atoms with van der Waals surface area (Å²) < 4.78 is 11.4. The Balaban J connectivity index is 0. The van der Waals surface area contributed by atoms with E-state index in [2.05, 4.69) is 6.58 Å². The van der Waals surface area contributed by atoms with Gasteiger partial charge in [-0.05, 0) is 6.42 Å². The van der Waals surface area contributed by atoms with Crippen LogP contribution in [0.5, 0.6) is 0 Å². The van der Waals surface area contributed by atoms with E-state index >= 15 is 0 Å². The molecule has 50 valence electrons. The van der Waals surface area contributed by atoms with Crippen LogP contribution in [0, 0.1) is 0 Å². The van der Waals surface area contributed by atoms with Crippen molar-refractivity contribution < 1.29 is 4.39 Å². The van der Waals surface area contributed by atoms with Crippen LogP contribution in [0.15, 0.2) is 12.7 Å². The average Bonchev–Trinajstić information content (AvgIpc) is 1.68. The van der Waals surface area contributed by atoms with Crippen LogP contribution in [0.25, 0.3) is 0 Å². The third-order valence-electron chi connectivity index (χ3n) is 0.668. The summed E-state index contributed by atoms with van der Waals surface area (Å²) >= 11 is 0. The lowest BCUT2D eigenvalue weighted by atomic mass is 10.2. The van der Waals surface area contributed by atoms with E-state index in [1.807, 2.05) is 0 Å². The minimum Gasteiger partial charge on any atom is -0.325 e. The molecule has 3 heteroatoms. The first-order valence-corrected chi connectivity index (χ1v) is 2.23. The molecule has 0 rings (SSSR count). The van der Waals surface area contributed by atoms with Gasteiger partial charge in [0, 0.05) is 6.04 Å². The number of hydrogen-bond acceptors (Lipinski definition) is 1. The lowest BCUT2D eigenvalue weighted by molar-refractivity contribution is 0.430. The molecule has 0 aromatic carbocycles. The SMILES string of the molecule is Br.C=CCC(N)CF. The molecule has 0 aliphatic carbocycles. The first kappa shape index (κ1) is 11.0. The zero-order valence-electron chi connectivity index (χ0n) is 4.64. The van der Waals surface area contributed by atoms with Crippen molar-refractivity contribution in [3.8, 4) is 0 Å². The Hall–Kier alpha value is 0.110. The Morgan fingerprint density at radius 3 is 2.38 bits per heavy atom. The smallest absolute Gasteiger partial charge is 0.105 e. The van der Waals surface area contributed by atoms with Crippen LogP contribution >= 0.6 is 17.0 Å². The van der Waals surface area contributed by atoms with E-state index in [0.29, 0.717) is 6.42 Å². The van der Waals surface area contributed by atoms with Gasteiger partial charge >= 0.3 is 0 Å². The predicted molar refractivity (Wildman–Crippen MR) is 39.1 cm³/mol. The highest BCUT2D eigenvalue weighted by Gasteiger charge is 1.93. The van der Waals surface area contributed by atoms with E-state index in [1.165, 1.54) is 0 Å². The molecule has 0 radical (unpaired) electrons. The fraction of sp³-hybridized carbons (Fsp3) is 0.600. The van der Waals surface area contributed by atoms with Crippen molar-refractivity contribution in [3.05, 3.63) is 12.7 Å². The molecule has 0 aliphatic rings. The molecule has 1 nitrogen and oxygen atoms in total. The molecular weight excluding hydrogens is 173 g/mol. The lowest BCUT2D eigenvalue weighted by Crippen LogP contribution is -2.20. The van der Waals surface area contributed by atoms with Gasteiger partial charge in [-0.1, -0.05) is 6.08 Å². The molecule has 0 bridgehead atoms. The van der Waals surface area contributed by atoms with E-state index in [0.717, 1.165) is 0 Å². The minimum absolute atomic E-state index is 0. The molecule has 0 fully saturated rings. The fourth-order valence-corrected chi connectivity index (χ4v) is 0.277. The van der Waals surface area contributed by atoms with Crippen LogP contribution in [0.1, 0.15) is 6.42 Å². The third kappa shape index (κ3) is 6.11. The van der Waals surface area contributed by atoms with Gasteiger partial charge in [0.15, 0.2) is 0 Å². The van der Waals surface area contributed by atoms with Gasteiger partial charge in [0.25, 0.3) is 0 Å². The molecule has 0 saturated heterocycles. The van der Waals surface area contributed by atoms with Crippen molar-refractivity contribution in [1.29, 1.82) is 0 Å². The summed E-state index contributed by atoms with van der Waals surface area (Å²) in [7, 11) is 0. The maximum atomic E-state index is 11.4. The van der Waals surface area contributed by atoms with Gasteiger partial charge < -0.3 is 5.73 Å². The van der Waals surface area contributed by atoms with Gasteiger partial charge in [-0.15, -0.1) is 23.6 Å². The van der Waals surface area contributed by atoms with E-state index in [9.17, 15) is 4.39 Å².